The third-order valence-corrected chi connectivity index (χ3v) is 5.94. The van der Waals surface area contributed by atoms with Crippen molar-refractivity contribution in [2.24, 2.45) is 5.92 Å². The van der Waals surface area contributed by atoms with E-state index in [0.29, 0.717) is 17.8 Å². The summed E-state index contributed by atoms with van der Waals surface area (Å²) < 4.78 is 40.0. The minimum atomic E-state index is -4.58. The Hall–Kier alpha value is -2.35. The molecule has 0 spiro atoms. The first-order valence-corrected chi connectivity index (χ1v) is 9.60. The minimum absolute atomic E-state index is 0.0174. The number of alkyl halides is 3. The van der Waals surface area contributed by atoms with E-state index in [9.17, 15) is 18.3 Å². The van der Waals surface area contributed by atoms with Crippen LogP contribution < -0.4 is 4.90 Å². The molecule has 0 amide bonds. The monoisotopic (exact) mass is 392 g/mol. The quantitative estimate of drug-likeness (QED) is 0.861. The molecule has 0 radical (unpaired) electrons. The van der Waals surface area contributed by atoms with Gasteiger partial charge in [0.15, 0.2) is 5.82 Å². The zero-order valence-corrected chi connectivity index (χ0v) is 15.7. The van der Waals surface area contributed by atoms with Gasteiger partial charge in [-0.15, -0.1) is 10.2 Å². The van der Waals surface area contributed by atoms with Crippen molar-refractivity contribution in [3.63, 3.8) is 0 Å². The van der Waals surface area contributed by atoms with Crippen LogP contribution in [0, 0.1) is 5.92 Å². The number of fused-ring (bicyclic) bond motifs is 1. The SMILES string of the molecule is CCN1CC[C@H]2CCN(c3ccc(-c4c(O)cccc4C(F)(F)F)nn3)[C@H]2C1. The van der Waals surface area contributed by atoms with E-state index in [1.165, 1.54) is 18.2 Å². The maximum absolute atomic E-state index is 13.3. The summed E-state index contributed by atoms with van der Waals surface area (Å²) in [4.78, 5) is 4.64. The van der Waals surface area contributed by atoms with E-state index in [2.05, 4.69) is 26.9 Å². The Morgan fingerprint density at radius 3 is 2.57 bits per heavy atom. The van der Waals surface area contributed by atoms with Crippen LogP contribution in [0.5, 0.6) is 5.75 Å². The lowest BCUT2D eigenvalue weighted by molar-refractivity contribution is -0.137. The number of rotatable bonds is 3. The number of benzene rings is 1. The Balaban J connectivity index is 1.62. The lowest BCUT2D eigenvalue weighted by atomic mass is 9.92. The fourth-order valence-corrected chi connectivity index (χ4v) is 4.44. The lowest BCUT2D eigenvalue weighted by Gasteiger charge is -2.38. The van der Waals surface area contributed by atoms with Gasteiger partial charge in [-0.05, 0) is 56.1 Å². The first-order valence-electron chi connectivity index (χ1n) is 9.60. The molecule has 2 aliphatic rings. The maximum Gasteiger partial charge on any atom is 0.417 e. The van der Waals surface area contributed by atoms with E-state index >= 15 is 0 Å². The number of likely N-dealkylation sites (N-methyl/N-ethyl adjacent to an activating group) is 1. The highest BCUT2D eigenvalue weighted by Gasteiger charge is 2.39. The van der Waals surface area contributed by atoms with E-state index in [1.807, 2.05) is 0 Å². The average molecular weight is 392 g/mol. The topological polar surface area (TPSA) is 52.5 Å². The first kappa shape index (κ1) is 19.0. The van der Waals surface area contributed by atoms with E-state index in [-0.39, 0.29) is 11.3 Å². The summed E-state index contributed by atoms with van der Waals surface area (Å²) in [5.74, 6) is 0.849. The number of phenolic OH excluding ortho intramolecular Hbond substituents is 1. The Bertz CT molecular complexity index is 840. The second-order valence-electron chi connectivity index (χ2n) is 7.47. The smallest absolute Gasteiger partial charge is 0.417 e. The molecule has 2 aliphatic heterocycles. The number of anilines is 1. The molecule has 4 rings (SSSR count). The highest BCUT2D eigenvalue weighted by molar-refractivity contribution is 5.71. The number of hydrogen-bond acceptors (Lipinski definition) is 5. The van der Waals surface area contributed by atoms with Crippen molar-refractivity contribution in [3.8, 4) is 17.0 Å². The van der Waals surface area contributed by atoms with Crippen LogP contribution in [0.2, 0.25) is 0 Å². The number of piperidine rings is 1. The largest absolute Gasteiger partial charge is 0.507 e. The van der Waals surface area contributed by atoms with Crippen LogP contribution in [0.1, 0.15) is 25.3 Å². The van der Waals surface area contributed by atoms with Crippen LogP contribution in [0.3, 0.4) is 0 Å². The molecular weight excluding hydrogens is 369 g/mol. The maximum atomic E-state index is 13.3. The second kappa shape index (κ2) is 7.24. The van der Waals surface area contributed by atoms with Gasteiger partial charge in [-0.1, -0.05) is 13.0 Å². The van der Waals surface area contributed by atoms with Crippen molar-refractivity contribution in [2.75, 3.05) is 31.1 Å². The molecule has 2 fully saturated rings. The zero-order chi connectivity index (χ0) is 19.9. The molecule has 8 heteroatoms. The number of hydrogen-bond donors (Lipinski definition) is 1. The van der Waals surface area contributed by atoms with E-state index in [1.54, 1.807) is 6.07 Å². The van der Waals surface area contributed by atoms with E-state index in [4.69, 9.17) is 0 Å². The zero-order valence-electron chi connectivity index (χ0n) is 15.7. The standard InChI is InChI=1S/C20H23F3N4O/c1-2-26-10-8-13-9-11-27(16(13)12-26)18-7-6-15(24-25-18)19-14(20(21,22)23)4-3-5-17(19)28/h3-7,13,16,28H,2,8-12H2,1H3/t13-,16-/m0/s1. The number of phenols is 1. The molecule has 2 atom stereocenters. The van der Waals surface area contributed by atoms with Crippen LogP contribution in [-0.2, 0) is 6.18 Å². The van der Waals surface area contributed by atoms with Gasteiger partial charge < -0.3 is 14.9 Å². The summed E-state index contributed by atoms with van der Waals surface area (Å²) in [7, 11) is 0. The summed E-state index contributed by atoms with van der Waals surface area (Å²) in [6.45, 7) is 6.13. The normalized spacial score (nSPS) is 23.1. The molecule has 0 bridgehead atoms. The highest BCUT2D eigenvalue weighted by Crippen LogP contribution is 2.41. The Kier molecular flexibility index (Phi) is 4.91. The van der Waals surface area contributed by atoms with Crippen LogP contribution >= 0.6 is 0 Å². The number of likely N-dealkylation sites (tertiary alicyclic amines) is 1. The summed E-state index contributed by atoms with van der Waals surface area (Å²) >= 11 is 0. The van der Waals surface area contributed by atoms with Crippen molar-refractivity contribution in [1.29, 1.82) is 0 Å². The molecular formula is C20H23F3N4O. The number of halogens is 3. The lowest BCUT2D eigenvalue weighted by Crippen LogP contribution is -2.48. The molecule has 0 saturated carbocycles. The third-order valence-electron chi connectivity index (χ3n) is 5.94. The van der Waals surface area contributed by atoms with Gasteiger partial charge in [-0.3, -0.25) is 0 Å². The molecule has 5 nitrogen and oxygen atoms in total. The molecule has 28 heavy (non-hydrogen) atoms. The van der Waals surface area contributed by atoms with Gasteiger partial charge >= 0.3 is 6.18 Å². The van der Waals surface area contributed by atoms with Gasteiger partial charge in [0.1, 0.15) is 5.75 Å². The summed E-state index contributed by atoms with van der Waals surface area (Å²) in [5.41, 5.74) is -1.23. The van der Waals surface area contributed by atoms with Crippen molar-refractivity contribution in [2.45, 2.75) is 32.0 Å². The van der Waals surface area contributed by atoms with Crippen LogP contribution in [0.4, 0.5) is 19.0 Å². The van der Waals surface area contributed by atoms with Crippen LogP contribution in [0.15, 0.2) is 30.3 Å². The van der Waals surface area contributed by atoms with Crippen molar-refractivity contribution in [1.82, 2.24) is 15.1 Å². The molecule has 150 valence electrons. The average Bonchev–Trinajstić information content (AvgIpc) is 3.10. The number of aromatic nitrogens is 2. The molecule has 2 saturated heterocycles. The summed E-state index contributed by atoms with van der Waals surface area (Å²) in [5, 5.41) is 18.3. The number of aromatic hydroxyl groups is 1. The van der Waals surface area contributed by atoms with Gasteiger partial charge in [0.25, 0.3) is 0 Å². The highest BCUT2D eigenvalue weighted by atomic mass is 19.4. The molecule has 2 aromatic rings. The van der Waals surface area contributed by atoms with Gasteiger partial charge in [0.2, 0.25) is 0 Å². The molecule has 0 aliphatic carbocycles. The van der Waals surface area contributed by atoms with E-state index < -0.39 is 17.5 Å². The van der Waals surface area contributed by atoms with Crippen LogP contribution in [0.25, 0.3) is 11.3 Å². The number of nitrogens with zero attached hydrogens (tertiary/aromatic N) is 4. The van der Waals surface area contributed by atoms with Crippen molar-refractivity contribution >= 4 is 5.82 Å². The summed E-state index contributed by atoms with van der Waals surface area (Å²) in [6.07, 6.45) is -2.32. The van der Waals surface area contributed by atoms with Gasteiger partial charge in [0.05, 0.1) is 16.8 Å². The van der Waals surface area contributed by atoms with E-state index in [0.717, 1.165) is 45.1 Å². The molecule has 1 aromatic heterocycles. The third kappa shape index (κ3) is 3.41. The summed E-state index contributed by atoms with van der Waals surface area (Å²) in [6, 6.07) is 6.94. The Morgan fingerprint density at radius 2 is 1.89 bits per heavy atom. The van der Waals surface area contributed by atoms with Crippen molar-refractivity contribution < 1.29 is 18.3 Å². The molecule has 3 heterocycles. The molecule has 1 aromatic carbocycles. The second-order valence-corrected chi connectivity index (χ2v) is 7.47. The minimum Gasteiger partial charge on any atom is -0.507 e. The molecule has 0 unspecified atom stereocenters. The van der Waals surface area contributed by atoms with Gasteiger partial charge in [-0.25, -0.2) is 0 Å². The Labute approximate surface area is 161 Å². The predicted octanol–water partition coefficient (Wildman–Crippen LogP) is 3.79. The van der Waals surface area contributed by atoms with Gasteiger partial charge in [0, 0.05) is 19.1 Å². The van der Waals surface area contributed by atoms with Crippen molar-refractivity contribution in [3.05, 3.63) is 35.9 Å². The first-order chi connectivity index (χ1) is 13.4. The predicted molar refractivity (Wildman–Crippen MR) is 100 cm³/mol. The fraction of sp³-hybridized carbons (Fsp3) is 0.500. The molecule has 1 N–H and O–H groups in total. The fourth-order valence-electron chi connectivity index (χ4n) is 4.44. The van der Waals surface area contributed by atoms with Crippen LogP contribution in [-0.4, -0.2) is 52.4 Å². The Morgan fingerprint density at radius 1 is 1.11 bits per heavy atom. The van der Waals surface area contributed by atoms with Gasteiger partial charge in [-0.2, -0.15) is 13.2 Å².